The largest absolute Gasteiger partial charge is 0.436 e. The molecule has 0 aliphatic rings. The minimum absolute atomic E-state index is 0.641. The molecule has 246 valence electrons. The molecule has 0 unspecified atom stereocenters. The van der Waals surface area contributed by atoms with Gasteiger partial charge in [0.25, 0.3) is 0 Å². The summed E-state index contributed by atoms with van der Waals surface area (Å²) in [5, 5.41) is 12.1. The Kier molecular flexibility index (Phi) is 6.59. The summed E-state index contributed by atoms with van der Waals surface area (Å²) in [5.41, 5.74) is 10.1. The van der Waals surface area contributed by atoms with E-state index in [-0.39, 0.29) is 0 Å². The molecule has 0 amide bonds. The summed E-state index contributed by atoms with van der Waals surface area (Å²) in [6.45, 7) is 0. The van der Waals surface area contributed by atoms with E-state index in [2.05, 4.69) is 152 Å². The summed E-state index contributed by atoms with van der Waals surface area (Å²) in [6.07, 6.45) is 0. The zero-order valence-electron chi connectivity index (χ0n) is 28.8. The van der Waals surface area contributed by atoms with Crippen LogP contribution in [-0.4, -0.2) is 4.98 Å². The van der Waals surface area contributed by atoms with E-state index in [1.54, 1.807) is 0 Å². The minimum Gasteiger partial charge on any atom is -0.436 e. The number of hydrogen-bond donors (Lipinski definition) is 0. The summed E-state index contributed by atoms with van der Waals surface area (Å²) in [6, 6.07) is 67.7. The molecule has 0 saturated heterocycles. The highest BCUT2D eigenvalue weighted by atomic mass is 16.3. The van der Waals surface area contributed by atoms with Crippen LogP contribution < -0.4 is 0 Å². The molecule has 0 aliphatic heterocycles. The Morgan fingerprint density at radius 2 is 0.943 bits per heavy atom. The lowest BCUT2D eigenvalue weighted by Gasteiger charge is -2.19. The third-order valence-electron chi connectivity index (χ3n) is 10.9. The molecule has 11 aromatic rings. The summed E-state index contributed by atoms with van der Waals surface area (Å²) in [5.74, 6) is 0.641. The zero-order chi connectivity index (χ0) is 34.9. The standard InChI is InChI=1S/C51H31NO/c1-3-12-32(13-4-1)36-24-22-33-16-11-21-44(45(33)31-36)49-42-19-9-7-17-40(42)47(41-18-8-10-20-43(41)49)38-26-28-39-37(30-38)25-23-34-27-29-46-50(48(34)39)52-51(53-46)35-14-5-2-6-15-35/h1-31H. The number of nitrogens with zero attached hydrogens (tertiary/aromatic N) is 1. The molecule has 0 aliphatic carbocycles. The monoisotopic (exact) mass is 673 g/mol. The minimum atomic E-state index is 0.641. The van der Waals surface area contributed by atoms with Crippen LogP contribution in [0, 0.1) is 0 Å². The second-order valence-electron chi connectivity index (χ2n) is 13.8. The van der Waals surface area contributed by atoms with E-state index in [4.69, 9.17) is 9.40 Å². The number of oxazole rings is 1. The maximum absolute atomic E-state index is 6.29. The van der Waals surface area contributed by atoms with Gasteiger partial charge in [-0.2, -0.15) is 0 Å². The predicted octanol–water partition coefficient (Wildman–Crippen LogP) is 14.3. The van der Waals surface area contributed by atoms with E-state index in [0.29, 0.717) is 5.89 Å². The van der Waals surface area contributed by atoms with E-state index in [9.17, 15) is 0 Å². The molecule has 11 rings (SSSR count). The molecular weight excluding hydrogens is 643 g/mol. The highest BCUT2D eigenvalue weighted by Gasteiger charge is 2.19. The fraction of sp³-hybridized carbons (Fsp3) is 0. The molecule has 0 fully saturated rings. The van der Waals surface area contributed by atoms with Gasteiger partial charge in [0, 0.05) is 10.9 Å². The van der Waals surface area contributed by atoms with Crippen LogP contribution in [0.2, 0.25) is 0 Å². The zero-order valence-corrected chi connectivity index (χ0v) is 28.8. The first-order valence-corrected chi connectivity index (χ1v) is 18.1. The van der Waals surface area contributed by atoms with E-state index < -0.39 is 0 Å². The van der Waals surface area contributed by atoms with Crippen molar-refractivity contribution in [3.63, 3.8) is 0 Å². The Balaban J connectivity index is 1.15. The normalized spacial score (nSPS) is 11.8. The Hall–Kier alpha value is -7.03. The molecule has 0 saturated carbocycles. The molecule has 0 atom stereocenters. The highest BCUT2D eigenvalue weighted by Crippen LogP contribution is 2.46. The molecule has 2 heteroatoms. The van der Waals surface area contributed by atoms with Crippen LogP contribution in [0.15, 0.2) is 192 Å². The lowest BCUT2D eigenvalue weighted by molar-refractivity contribution is 0.620. The molecule has 1 aromatic heterocycles. The first kappa shape index (κ1) is 29.7. The molecule has 53 heavy (non-hydrogen) atoms. The predicted molar refractivity (Wildman–Crippen MR) is 223 cm³/mol. The SMILES string of the molecule is c1ccc(-c2ccc3cccc(-c4c5ccccc5c(-c5ccc6c(ccc7ccc8oc(-c9ccccc9)nc8c76)c5)c5ccccc45)c3c2)cc1. The van der Waals surface area contributed by atoms with Crippen molar-refractivity contribution in [1.29, 1.82) is 0 Å². The summed E-state index contributed by atoms with van der Waals surface area (Å²) < 4.78 is 6.29. The van der Waals surface area contributed by atoms with Gasteiger partial charge in [0.15, 0.2) is 5.58 Å². The van der Waals surface area contributed by atoms with Gasteiger partial charge in [-0.1, -0.05) is 158 Å². The Morgan fingerprint density at radius 3 is 1.68 bits per heavy atom. The van der Waals surface area contributed by atoms with E-state index >= 15 is 0 Å². The van der Waals surface area contributed by atoms with Gasteiger partial charge in [0.05, 0.1) is 0 Å². The van der Waals surface area contributed by atoms with E-state index in [1.165, 1.54) is 76.5 Å². The van der Waals surface area contributed by atoms with Gasteiger partial charge >= 0.3 is 0 Å². The van der Waals surface area contributed by atoms with Crippen LogP contribution in [-0.2, 0) is 0 Å². The Bertz CT molecular complexity index is 3160. The Morgan fingerprint density at radius 1 is 0.340 bits per heavy atom. The third-order valence-corrected chi connectivity index (χ3v) is 10.9. The fourth-order valence-electron chi connectivity index (χ4n) is 8.43. The van der Waals surface area contributed by atoms with Crippen LogP contribution >= 0.6 is 0 Å². The molecular formula is C51H31NO. The van der Waals surface area contributed by atoms with Crippen molar-refractivity contribution in [2.24, 2.45) is 0 Å². The number of fused-ring (bicyclic) bond motifs is 8. The van der Waals surface area contributed by atoms with Crippen LogP contribution in [0.1, 0.15) is 0 Å². The van der Waals surface area contributed by atoms with Gasteiger partial charge in [-0.3, -0.25) is 0 Å². The van der Waals surface area contributed by atoms with Crippen molar-refractivity contribution in [1.82, 2.24) is 4.98 Å². The highest BCUT2D eigenvalue weighted by molar-refractivity contribution is 6.25. The van der Waals surface area contributed by atoms with E-state index in [0.717, 1.165) is 27.4 Å². The molecule has 0 spiro atoms. The topological polar surface area (TPSA) is 26.0 Å². The average Bonchev–Trinajstić information content (AvgIpc) is 3.68. The quantitative estimate of drug-likeness (QED) is 0.137. The number of aromatic nitrogens is 1. The third kappa shape index (κ3) is 4.70. The molecule has 2 nitrogen and oxygen atoms in total. The van der Waals surface area contributed by atoms with Gasteiger partial charge in [0.2, 0.25) is 5.89 Å². The second kappa shape index (κ2) is 11.8. The van der Waals surface area contributed by atoms with Crippen LogP contribution in [0.3, 0.4) is 0 Å². The molecule has 0 N–H and O–H groups in total. The van der Waals surface area contributed by atoms with Gasteiger partial charge in [-0.05, 0) is 112 Å². The number of rotatable bonds is 4. The van der Waals surface area contributed by atoms with Crippen LogP contribution in [0.5, 0.6) is 0 Å². The van der Waals surface area contributed by atoms with Crippen molar-refractivity contribution in [2.75, 3.05) is 0 Å². The maximum Gasteiger partial charge on any atom is 0.227 e. The summed E-state index contributed by atoms with van der Waals surface area (Å²) in [4.78, 5) is 5.04. The second-order valence-corrected chi connectivity index (χ2v) is 13.8. The maximum atomic E-state index is 6.29. The smallest absolute Gasteiger partial charge is 0.227 e. The lowest BCUT2D eigenvalue weighted by Crippen LogP contribution is -1.92. The number of hydrogen-bond acceptors (Lipinski definition) is 2. The van der Waals surface area contributed by atoms with E-state index in [1.807, 2.05) is 36.4 Å². The Labute approximate surface area is 306 Å². The first-order chi connectivity index (χ1) is 26.3. The average molecular weight is 674 g/mol. The van der Waals surface area contributed by atoms with Crippen molar-refractivity contribution in [3.05, 3.63) is 188 Å². The molecule has 0 radical (unpaired) electrons. The van der Waals surface area contributed by atoms with Crippen molar-refractivity contribution >= 4 is 65.0 Å². The number of benzene rings is 10. The van der Waals surface area contributed by atoms with Gasteiger partial charge in [-0.25, -0.2) is 4.98 Å². The fourth-order valence-corrected chi connectivity index (χ4v) is 8.43. The van der Waals surface area contributed by atoms with Gasteiger partial charge in [0.1, 0.15) is 5.52 Å². The van der Waals surface area contributed by atoms with Crippen molar-refractivity contribution in [2.45, 2.75) is 0 Å². The first-order valence-electron chi connectivity index (χ1n) is 18.1. The molecule has 0 bridgehead atoms. The van der Waals surface area contributed by atoms with Crippen molar-refractivity contribution in [3.8, 4) is 44.8 Å². The molecule has 10 aromatic carbocycles. The van der Waals surface area contributed by atoms with Gasteiger partial charge < -0.3 is 4.42 Å². The summed E-state index contributed by atoms with van der Waals surface area (Å²) >= 11 is 0. The van der Waals surface area contributed by atoms with Crippen LogP contribution in [0.25, 0.3) is 110 Å². The molecule has 1 heterocycles. The lowest BCUT2D eigenvalue weighted by atomic mass is 9.84. The van der Waals surface area contributed by atoms with Gasteiger partial charge in [-0.15, -0.1) is 0 Å². The van der Waals surface area contributed by atoms with Crippen LogP contribution in [0.4, 0.5) is 0 Å². The summed E-state index contributed by atoms with van der Waals surface area (Å²) in [7, 11) is 0. The van der Waals surface area contributed by atoms with Crippen molar-refractivity contribution < 1.29 is 4.42 Å².